The number of β-amino-alcohol motifs (C(OH)–C–C–N with tert-alkyl or cyclic N) is 1. The van der Waals surface area contributed by atoms with Gasteiger partial charge in [0, 0.05) is 27.1 Å². The molecule has 3 heterocycles. The topological polar surface area (TPSA) is 76.6 Å². The minimum atomic E-state index is -0.763. The van der Waals surface area contributed by atoms with E-state index in [1.165, 1.54) is 0 Å². The van der Waals surface area contributed by atoms with Gasteiger partial charge in [-0.15, -0.1) is 10.2 Å². The lowest BCUT2D eigenvalue weighted by Crippen LogP contribution is -2.49. The normalized spacial score (nSPS) is 22.6. The molecule has 1 N–H and O–H groups in total. The number of aromatic nitrogens is 3. The first-order chi connectivity index (χ1) is 11.1. The molecule has 3 rings (SSSR count). The molecule has 1 aliphatic rings. The van der Waals surface area contributed by atoms with Crippen molar-refractivity contribution in [2.75, 3.05) is 20.2 Å². The van der Waals surface area contributed by atoms with E-state index in [4.69, 9.17) is 9.15 Å². The molecule has 7 heteroatoms. The first-order valence-electron chi connectivity index (χ1n) is 7.92. The second-order valence-electron chi connectivity index (χ2n) is 6.37. The van der Waals surface area contributed by atoms with Crippen LogP contribution in [0.25, 0.3) is 0 Å². The van der Waals surface area contributed by atoms with E-state index in [2.05, 4.69) is 15.1 Å². The highest BCUT2D eigenvalue weighted by molar-refractivity contribution is 5.07. The van der Waals surface area contributed by atoms with Crippen LogP contribution in [0.1, 0.15) is 30.2 Å². The van der Waals surface area contributed by atoms with E-state index in [0.29, 0.717) is 26.1 Å². The van der Waals surface area contributed by atoms with E-state index in [9.17, 15) is 5.11 Å². The van der Waals surface area contributed by atoms with Gasteiger partial charge in [-0.2, -0.15) is 0 Å². The summed E-state index contributed by atoms with van der Waals surface area (Å²) in [7, 11) is 3.55. The second kappa shape index (κ2) is 6.82. The Labute approximate surface area is 135 Å². The molecule has 1 unspecified atom stereocenters. The summed E-state index contributed by atoms with van der Waals surface area (Å²) in [6.45, 7) is 2.75. The van der Waals surface area contributed by atoms with Crippen molar-refractivity contribution >= 4 is 0 Å². The fraction of sp³-hybridized carbons (Fsp3) is 0.625. The van der Waals surface area contributed by atoms with Gasteiger partial charge >= 0.3 is 0 Å². The summed E-state index contributed by atoms with van der Waals surface area (Å²) in [6, 6.07) is 3.92. The average Bonchev–Trinajstić information content (AvgIpc) is 3.09. The molecule has 0 amide bonds. The Bertz CT molecular complexity index is 639. The van der Waals surface area contributed by atoms with Gasteiger partial charge in [-0.1, -0.05) is 0 Å². The predicted octanol–water partition coefficient (Wildman–Crippen LogP) is 1.12. The molecule has 2 aromatic rings. The minimum Gasteiger partial charge on any atom is -0.462 e. The van der Waals surface area contributed by atoms with Gasteiger partial charge < -0.3 is 18.8 Å². The largest absolute Gasteiger partial charge is 0.462 e. The van der Waals surface area contributed by atoms with Crippen LogP contribution in [0.2, 0.25) is 0 Å². The van der Waals surface area contributed by atoms with Crippen molar-refractivity contribution in [2.45, 2.75) is 38.0 Å². The van der Waals surface area contributed by atoms with Gasteiger partial charge in [0.1, 0.15) is 30.3 Å². The van der Waals surface area contributed by atoms with Crippen LogP contribution in [0.15, 0.2) is 22.9 Å². The maximum absolute atomic E-state index is 10.9. The highest BCUT2D eigenvalue weighted by atomic mass is 16.5. The van der Waals surface area contributed by atoms with E-state index < -0.39 is 5.60 Å². The van der Waals surface area contributed by atoms with Gasteiger partial charge in [0.2, 0.25) is 0 Å². The number of hydrogen-bond acceptors (Lipinski definition) is 6. The monoisotopic (exact) mass is 320 g/mol. The van der Waals surface area contributed by atoms with Gasteiger partial charge in [-0.3, -0.25) is 4.90 Å². The molecule has 0 saturated carbocycles. The molecule has 0 aliphatic carbocycles. The molecular weight excluding hydrogens is 296 g/mol. The number of aryl methyl sites for hydroxylation is 1. The van der Waals surface area contributed by atoms with Crippen LogP contribution in [0.4, 0.5) is 0 Å². The Morgan fingerprint density at radius 3 is 2.96 bits per heavy atom. The third-order valence-electron chi connectivity index (χ3n) is 4.31. The summed E-state index contributed by atoms with van der Waals surface area (Å²) in [6.07, 6.45) is 3.93. The maximum atomic E-state index is 10.9. The Hall–Kier alpha value is -1.70. The number of hydrogen-bond donors (Lipinski definition) is 1. The van der Waals surface area contributed by atoms with Crippen LogP contribution in [-0.4, -0.2) is 50.6 Å². The molecular formula is C16H24N4O3. The van der Waals surface area contributed by atoms with Crippen LogP contribution < -0.4 is 0 Å². The highest BCUT2D eigenvalue weighted by Gasteiger charge is 2.35. The van der Waals surface area contributed by atoms with Gasteiger partial charge in [0.05, 0.1) is 12.1 Å². The summed E-state index contributed by atoms with van der Waals surface area (Å²) in [5.74, 6) is 2.54. The first-order valence-corrected chi connectivity index (χ1v) is 7.92. The summed E-state index contributed by atoms with van der Waals surface area (Å²) in [5.41, 5.74) is -0.763. The zero-order valence-electron chi connectivity index (χ0n) is 13.7. The fourth-order valence-electron chi connectivity index (χ4n) is 3.19. The number of likely N-dealkylation sites (tertiary alicyclic amines) is 1. The minimum absolute atomic E-state index is 0.482. The molecule has 1 saturated heterocycles. The summed E-state index contributed by atoms with van der Waals surface area (Å²) in [4.78, 5) is 2.23. The average molecular weight is 320 g/mol. The molecule has 0 aromatic carbocycles. The van der Waals surface area contributed by atoms with Crippen LogP contribution in [-0.2, 0) is 31.4 Å². The Morgan fingerprint density at radius 1 is 1.39 bits per heavy atom. The zero-order chi connectivity index (χ0) is 16.3. The standard InChI is InChI=1S/C16H24N4O3/c1-19-12-17-18-15(19)8-16(21)6-3-7-20(11-16)9-13-4-5-14(23-13)10-22-2/h4-5,12,21H,3,6-11H2,1-2H3. The molecule has 126 valence electrons. The Kier molecular flexibility index (Phi) is 4.79. The number of furan rings is 1. The lowest BCUT2D eigenvalue weighted by Gasteiger charge is -2.38. The molecule has 0 radical (unpaired) electrons. The van der Waals surface area contributed by atoms with Crippen LogP contribution in [0.5, 0.6) is 0 Å². The fourth-order valence-corrected chi connectivity index (χ4v) is 3.19. The van der Waals surface area contributed by atoms with Crippen molar-refractivity contribution < 1.29 is 14.3 Å². The SMILES string of the molecule is COCc1ccc(CN2CCCC(O)(Cc3nncn3C)C2)o1. The third-order valence-corrected chi connectivity index (χ3v) is 4.31. The van der Waals surface area contributed by atoms with Crippen molar-refractivity contribution in [2.24, 2.45) is 7.05 Å². The van der Waals surface area contributed by atoms with Crippen LogP contribution in [0, 0.1) is 0 Å². The highest BCUT2D eigenvalue weighted by Crippen LogP contribution is 2.26. The smallest absolute Gasteiger partial charge is 0.135 e. The summed E-state index contributed by atoms with van der Waals surface area (Å²) < 4.78 is 12.7. The van der Waals surface area contributed by atoms with Crippen molar-refractivity contribution in [1.29, 1.82) is 0 Å². The molecule has 7 nitrogen and oxygen atoms in total. The van der Waals surface area contributed by atoms with Gasteiger partial charge in [0.15, 0.2) is 0 Å². The number of nitrogens with zero attached hydrogens (tertiary/aromatic N) is 4. The Morgan fingerprint density at radius 2 is 2.22 bits per heavy atom. The number of methoxy groups -OCH3 is 1. The van der Waals surface area contributed by atoms with E-state index in [1.54, 1.807) is 13.4 Å². The molecule has 1 fully saturated rings. The van der Waals surface area contributed by atoms with Crippen molar-refractivity contribution in [3.63, 3.8) is 0 Å². The number of rotatable bonds is 6. The summed E-state index contributed by atoms with van der Waals surface area (Å²) in [5, 5.41) is 18.9. The van der Waals surface area contributed by atoms with Gasteiger partial charge in [-0.25, -0.2) is 0 Å². The molecule has 0 bridgehead atoms. The predicted molar refractivity (Wildman–Crippen MR) is 83.6 cm³/mol. The lowest BCUT2D eigenvalue weighted by atomic mass is 9.89. The van der Waals surface area contributed by atoms with E-state index in [0.717, 1.165) is 36.7 Å². The van der Waals surface area contributed by atoms with E-state index in [1.807, 2.05) is 23.7 Å². The maximum Gasteiger partial charge on any atom is 0.135 e. The molecule has 1 aliphatic heterocycles. The Balaban J connectivity index is 1.61. The van der Waals surface area contributed by atoms with Crippen molar-refractivity contribution in [1.82, 2.24) is 19.7 Å². The lowest BCUT2D eigenvalue weighted by molar-refractivity contribution is -0.0361. The molecule has 0 spiro atoms. The van der Waals surface area contributed by atoms with Crippen LogP contribution in [0.3, 0.4) is 0 Å². The molecule has 1 atom stereocenters. The number of ether oxygens (including phenoxy) is 1. The van der Waals surface area contributed by atoms with Crippen molar-refractivity contribution in [3.8, 4) is 0 Å². The third kappa shape index (κ3) is 3.99. The van der Waals surface area contributed by atoms with E-state index in [-0.39, 0.29) is 0 Å². The zero-order valence-corrected chi connectivity index (χ0v) is 13.7. The second-order valence-corrected chi connectivity index (χ2v) is 6.37. The molecule has 2 aromatic heterocycles. The van der Waals surface area contributed by atoms with Crippen molar-refractivity contribution in [3.05, 3.63) is 35.8 Å². The summed E-state index contributed by atoms with van der Waals surface area (Å²) >= 11 is 0. The van der Waals surface area contributed by atoms with Gasteiger partial charge in [-0.05, 0) is 31.5 Å². The molecule has 23 heavy (non-hydrogen) atoms. The van der Waals surface area contributed by atoms with Crippen LogP contribution >= 0.6 is 0 Å². The van der Waals surface area contributed by atoms with Gasteiger partial charge in [0.25, 0.3) is 0 Å². The quantitative estimate of drug-likeness (QED) is 0.860. The van der Waals surface area contributed by atoms with E-state index >= 15 is 0 Å². The first kappa shape index (κ1) is 16.2. The number of aliphatic hydroxyl groups is 1. The number of piperidine rings is 1.